The highest BCUT2D eigenvalue weighted by molar-refractivity contribution is 5.26. The van der Waals surface area contributed by atoms with Crippen LogP contribution in [0.1, 0.15) is 163 Å². The van der Waals surface area contributed by atoms with Crippen LogP contribution in [0.4, 0.5) is 0 Å². The fraction of sp³-hybridized carbons (Fsp3) is 0.917. The van der Waals surface area contributed by atoms with Crippen molar-refractivity contribution >= 4 is 12.2 Å². The van der Waals surface area contributed by atoms with Crippen LogP contribution >= 0.6 is 0 Å². The first-order chi connectivity index (χ1) is 2.83. The Balaban J connectivity index is -0.000000000291. The van der Waals surface area contributed by atoms with Crippen molar-refractivity contribution in [3.63, 3.8) is 0 Å². The molecule has 0 aromatic heterocycles. The molecule has 0 aromatic carbocycles. The standard InChI is InChI=1S/2CHNO.22CH4/c2*2-1-3;;;;;;;;;;;;;;;;;;;;;;/h2*2H;22*1H4. The van der Waals surface area contributed by atoms with E-state index >= 15 is 0 Å². The number of carbonyl (C=O) groups excluding carboxylic acids is 2. The van der Waals surface area contributed by atoms with Gasteiger partial charge in [-0.1, -0.05) is 163 Å². The number of isocyanates is 2. The van der Waals surface area contributed by atoms with E-state index in [1.54, 1.807) is 0 Å². The van der Waals surface area contributed by atoms with Crippen molar-refractivity contribution in [1.29, 1.82) is 10.8 Å². The Labute approximate surface area is 196 Å². The molecule has 0 atom stereocenters. The molecule has 0 radical (unpaired) electrons. The van der Waals surface area contributed by atoms with E-state index in [2.05, 4.69) is 0 Å². The summed E-state index contributed by atoms with van der Waals surface area (Å²) in [7, 11) is 0. The highest BCUT2D eigenvalue weighted by atomic mass is 16.1. The first-order valence-corrected chi connectivity index (χ1v) is 0.908. The first kappa shape index (κ1) is 2330. The van der Waals surface area contributed by atoms with Crippen LogP contribution < -0.4 is 0 Å². The Morgan fingerprint density at radius 1 is 0.250 bits per heavy atom. The zero-order chi connectivity index (χ0) is 5.41. The minimum Gasteiger partial charge on any atom is -0.222 e. The van der Waals surface area contributed by atoms with Crippen LogP contribution in [-0.2, 0) is 9.59 Å². The van der Waals surface area contributed by atoms with Crippen molar-refractivity contribution in [3.05, 3.63) is 0 Å². The van der Waals surface area contributed by atoms with Gasteiger partial charge in [0, 0.05) is 0 Å². The Morgan fingerprint density at radius 3 is 0.250 bits per heavy atom. The van der Waals surface area contributed by atoms with Crippen molar-refractivity contribution < 1.29 is 9.59 Å². The molecule has 0 aliphatic carbocycles. The Hall–Kier alpha value is -1.24. The number of nitrogens with one attached hydrogen (secondary N) is 2. The van der Waals surface area contributed by atoms with Gasteiger partial charge in [0.25, 0.3) is 0 Å². The second-order valence-corrected chi connectivity index (χ2v) is 0.204. The van der Waals surface area contributed by atoms with Gasteiger partial charge < -0.3 is 0 Å². The summed E-state index contributed by atoms with van der Waals surface area (Å²) in [6.45, 7) is 0. The van der Waals surface area contributed by atoms with Crippen LogP contribution in [0.15, 0.2) is 0 Å². The lowest BCUT2D eigenvalue weighted by Crippen LogP contribution is -1.16. The van der Waals surface area contributed by atoms with Gasteiger partial charge in [-0.05, 0) is 0 Å². The van der Waals surface area contributed by atoms with Gasteiger partial charge >= 0.3 is 0 Å². The quantitative estimate of drug-likeness (QED) is 0.291. The third-order valence-corrected chi connectivity index (χ3v) is 0. The van der Waals surface area contributed by atoms with E-state index in [4.69, 9.17) is 20.4 Å². The van der Waals surface area contributed by atoms with Crippen molar-refractivity contribution in [1.82, 2.24) is 0 Å². The highest BCUT2D eigenvalue weighted by Gasteiger charge is 1.04. The highest BCUT2D eigenvalue weighted by Crippen LogP contribution is 0.871. The lowest BCUT2D eigenvalue weighted by molar-refractivity contribution is 0.562. The predicted octanol–water partition coefficient (Wildman–Crippen LogP) is 13.8. The Morgan fingerprint density at radius 2 is 0.250 bits per heavy atom. The first-order valence-electron chi connectivity index (χ1n) is 0.908. The van der Waals surface area contributed by atoms with Crippen molar-refractivity contribution in [3.8, 4) is 0 Å². The van der Waals surface area contributed by atoms with Gasteiger partial charge in [-0.25, -0.2) is 20.4 Å². The van der Waals surface area contributed by atoms with Gasteiger partial charge in [-0.3, -0.25) is 0 Å². The summed E-state index contributed by atoms with van der Waals surface area (Å²) >= 11 is 0. The SMILES string of the molecule is C.C.C.C.C.C.C.C.C.C.C.C.C.C.C.C.C.C.C.C.C.C.N=C=O.N=C=O. The molecule has 28 heavy (non-hydrogen) atoms. The molecule has 0 spiro atoms. The molecular weight excluding hydrogens is 348 g/mol. The van der Waals surface area contributed by atoms with Crippen LogP contribution in [0.2, 0.25) is 0 Å². The fourth-order valence-corrected chi connectivity index (χ4v) is 0. The van der Waals surface area contributed by atoms with Crippen LogP contribution in [0, 0.1) is 10.8 Å². The zero-order valence-corrected chi connectivity index (χ0v) is 2.82. The lowest BCUT2D eigenvalue weighted by atomic mass is 11.7. The molecule has 208 valence electrons. The molecule has 0 heterocycles. The zero-order valence-electron chi connectivity index (χ0n) is 2.82. The molecule has 0 rings (SSSR count). The maximum atomic E-state index is 8.35. The van der Waals surface area contributed by atoms with Gasteiger partial charge in [0.05, 0.1) is 0 Å². The molecule has 0 unspecified atom stereocenters. The van der Waals surface area contributed by atoms with E-state index in [0.717, 1.165) is 12.2 Å². The van der Waals surface area contributed by atoms with Crippen LogP contribution in [0.5, 0.6) is 0 Å². The van der Waals surface area contributed by atoms with E-state index in [1.165, 1.54) is 0 Å². The van der Waals surface area contributed by atoms with Gasteiger partial charge in [0.1, 0.15) is 0 Å². The van der Waals surface area contributed by atoms with E-state index in [9.17, 15) is 0 Å². The molecule has 4 heteroatoms. The summed E-state index contributed by atoms with van der Waals surface area (Å²) in [5, 5.41) is 10.8. The van der Waals surface area contributed by atoms with Gasteiger partial charge in [-0.15, -0.1) is 0 Å². The average Bonchev–Trinajstić information content (AvgIpc) is 1.39. The van der Waals surface area contributed by atoms with Crippen LogP contribution in [-0.4, -0.2) is 12.2 Å². The molecule has 0 saturated carbocycles. The third-order valence-electron chi connectivity index (χ3n) is 0. The largest absolute Gasteiger partial charge is 0.231 e. The molecular formula is C24H90N2O2. The van der Waals surface area contributed by atoms with Gasteiger partial charge in [0.2, 0.25) is 12.2 Å². The Bertz CT molecular complexity index is 74.6. The van der Waals surface area contributed by atoms with Gasteiger partial charge in [-0.2, -0.15) is 0 Å². The normalized spacial score (nSPS) is 0.571. The third kappa shape index (κ3) is 9090. The van der Waals surface area contributed by atoms with Crippen LogP contribution in [0.3, 0.4) is 0 Å². The molecule has 4 nitrogen and oxygen atoms in total. The molecule has 0 amide bonds. The van der Waals surface area contributed by atoms with E-state index in [-0.39, 0.29) is 163 Å². The van der Waals surface area contributed by atoms with E-state index in [0.29, 0.717) is 0 Å². The smallest absolute Gasteiger partial charge is 0.222 e. The summed E-state index contributed by atoms with van der Waals surface area (Å²) in [5.74, 6) is 0. The molecule has 0 fully saturated rings. The molecule has 0 saturated heterocycles. The van der Waals surface area contributed by atoms with Crippen LogP contribution in [0.25, 0.3) is 0 Å². The van der Waals surface area contributed by atoms with E-state index < -0.39 is 0 Å². The fourth-order valence-electron chi connectivity index (χ4n) is 0. The maximum absolute atomic E-state index is 8.35. The van der Waals surface area contributed by atoms with Crippen molar-refractivity contribution in [2.24, 2.45) is 0 Å². The second-order valence-electron chi connectivity index (χ2n) is 0.204. The van der Waals surface area contributed by atoms with E-state index in [1.807, 2.05) is 0 Å². The summed E-state index contributed by atoms with van der Waals surface area (Å²) in [4.78, 5) is 16.7. The molecule has 0 bridgehead atoms. The minimum absolute atomic E-state index is 0. The van der Waals surface area contributed by atoms with Crippen molar-refractivity contribution in [2.75, 3.05) is 0 Å². The number of hydrogen-bond acceptors (Lipinski definition) is 4. The summed E-state index contributed by atoms with van der Waals surface area (Å²) < 4.78 is 0. The summed E-state index contributed by atoms with van der Waals surface area (Å²) in [6, 6.07) is 0. The molecule has 2 N–H and O–H groups in total. The van der Waals surface area contributed by atoms with Gasteiger partial charge in [0.15, 0.2) is 0 Å². The molecule has 0 aromatic rings. The number of rotatable bonds is 0. The maximum Gasteiger partial charge on any atom is 0.231 e. The lowest BCUT2D eigenvalue weighted by Gasteiger charge is -1.02. The predicted molar refractivity (Wildman–Crippen MR) is 165 cm³/mol. The Kier molecular flexibility index (Phi) is 2280000. The minimum atomic E-state index is 0. The molecule has 0 aliphatic heterocycles. The monoisotopic (exact) mass is 439 g/mol. The summed E-state index contributed by atoms with van der Waals surface area (Å²) in [6.07, 6.45) is 1.50. The summed E-state index contributed by atoms with van der Waals surface area (Å²) in [5.41, 5.74) is 0. The van der Waals surface area contributed by atoms with Crippen molar-refractivity contribution in [2.45, 2.75) is 163 Å². The number of hydrogen-bond donors (Lipinski definition) is 2. The average molecular weight is 439 g/mol. The topological polar surface area (TPSA) is 81.8 Å². The second kappa shape index (κ2) is 27300. The molecule has 0 aliphatic rings.